The Morgan fingerprint density at radius 3 is 2.67 bits per heavy atom. The van der Waals surface area contributed by atoms with Crippen molar-refractivity contribution in [2.45, 2.75) is 13.3 Å². The van der Waals surface area contributed by atoms with Gasteiger partial charge in [0.1, 0.15) is 0 Å². The topological polar surface area (TPSA) is 12.5 Å². The molecule has 0 aromatic heterocycles. The Bertz CT molecular complexity index is 378. The van der Waals surface area contributed by atoms with Gasteiger partial charge in [0.2, 0.25) is 0 Å². The van der Waals surface area contributed by atoms with Crippen molar-refractivity contribution in [1.29, 1.82) is 0 Å². The number of hydroxylamine groups is 1. The average molecular weight is 219 g/mol. The second kappa shape index (κ2) is 6.05. The summed E-state index contributed by atoms with van der Waals surface area (Å²) in [6.45, 7) is 1.97. The maximum absolute atomic E-state index is 5.33. The molecule has 0 aliphatic heterocycles. The number of thiocarbonyl (C=S) groups is 1. The number of hydrogen-bond acceptors (Lipinski definition) is 3. The molecule has 78 valence electrons. The fourth-order valence-electron chi connectivity index (χ4n) is 0.998. The summed E-state index contributed by atoms with van der Waals surface area (Å²) in [6, 6.07) is 9.71. The number of para-hydroxylation sites is 1. The minimum Gasteiger partial charge on any atom is -0.359 e. The Balaban J connectivity index is 2.56. The van der Waals surface area contributed by atoms with Crippen LogP contribution >= 0.6 is 12.2 Å². The molecule has 3 heteroatoms. The number of hydrogen-bond donors (Lipinski definition) is 0. The third-order valence-corrected chi connectivity index (χ3v) is 1.88. The maximum Gasteiger partial charge on any atom is 0.269 e. The van der Waals surface area contributed by atoms with E-state index < -0.39 is 0 Å². The summed E-state index contributed by atoms with van der Waals surface area (Å²) in [6.07, 6.45) is 0.776. The summed E-state index contributed by atoms with van der Waals surface area (Å²) in [5.74, 6) is 5.61. The van der Waals surface area contributed by atoms with E-state index in [0.717, 1.165) is 12.1 Å². The van der Waals surface area contributed by atoms with Crippen molar-refractivity contribution in [3.63, 3.8) is 0 Å². The molecule has 0 aliphatic carbocycles. The van der Waals surface area contributed by atoms with Crippen LogP contribution in [0.1, 0.15) is 13.3 Å². The van der Waals surface area contributed by atoms with E-state index in [1.54, 1.807) is 12.1 Å². The molecule has 0 heterocycles. The molecule has 1 aromatic rings. The lowest BCUT2D eigenvalue weighted by Gasteiger charge is -2.17. The van der Waals surface area contributed by atoms with E-state index in [0.29, 0.717) is 5.05 Å². The number of benzene rings is 1. The minimum atomic E-state index is 0.295. The van der Waals surface area contributed by atoms with Crippen molar-refractivity contribution in [3.8, 4) is 11.8 Å². The Morgan fingerprint density at radius 2 is 2.07 bits per heavy atom. The van der Waals surface area contributed by atoms with Gasteiger partial charge in [0.15, 0.2) is 0 Å². The van der Waals surface area contributed by atoms with Gasteiger partial charge in [-0.1, -0.05) is 31.0 Å². The van der Waals surface area contributed by atoms with E-state index >= 15 is 0 Å². The number of anilines is 1. The molecule has 0 N–H and O–H groups in total. The molecule has 0 saturated heterocycles. The molecule has 1 aromatic carbocycles. The highest BCUT2D eigenvalue weighted by atomic mass is 32.1. The van der Waals surface area contributed by atoms with Crippen molar-refractivity contribution < 1.29 is 4.84 Å². The van der Waals surface area contributed by atoms with Crippen LogP contribution in [0.2, 0.25) is 0 Å². The Morgan fingerprint density at radius 1 is 1.40 bits per heavy atom. The minimum absolute atomic E-state index is 0.295. The highest BCUT2D eigenvalue weighted by Gasteiger charge is 2.01. The normalized spacial score (nSPS) is 8.67. The van der Waals surface area contributed by atoms with Gasteiger partial charge in [-0.25, -0.2) is 5.06 Å². The van der Waals surface area contributed by atoms with Crippen molar-refractivity contribution in [3.05, 3.63) is 30.3 Å². The lowest BCUT2D eigenvalue weighted by molar-refractivity contribution is 0.302. The molecule has 0 saturated carbocycles. The van der Waals surface area contributed by atoms with Crippen molar-refractivity contribution in [2.24, 2.45) is 0 Å². The first kappa shape index (κ1) is 11.5. The lowest BCUT2D eigenvalue weighted by atomic mass is 10.3. The van der Waals surface area contributed by atoms with Crippen LogP contribution in [0, 0.1) is 11.8 Å². The number of nitrogens with zero attached hydrogens (tertiary/aromatic N) is 1. The van der Waals surface area contributed by atoms with Gasteiger partial charge in [-0.3, -0.25) is 0 Å². The standard InChI is InChI=1S/C12H13NOS/c1-3-4-10-12(15)14-13(2)11-8-6-5-7-9-11/h5-9H,3H2,1-2H3. The van der Waals surface area contributed by atoms with Gasteiger partial charge in [0, 0.05) is 13.5 Å². The highest BCUT2D eigenvalue weighted by Crippen LogP contribution is 2.11. The van der Waals surface area contributed by atoms with E-state index in [2.05, 4.69) is 11.8 Å². The highest BCUT2D eigenvalue weighted by molar-refractivity contribution is 7.80. The van der Waals surface area contributed by atoms with Crippen molar-refractivity contribution in [1.82, 2.24) is 0 Å². The molecular formula is C12H13NOS. The van der Waals surface area contributed by atoms with Crippen LogP contribution in [0.25, 0.3) is 0 Å². The summed E-state index contributed by atoms with van der Waals surface area (Å²) in [5, 5.41) is 1.90. The predicted octanol–water partition coefficient (Wildman–Crippen LogP) is 2.80. The van der Waals surface area contributed by atoms with E-state index in [-0.39, 0.29) is 0 Å². The molecule has 0 atom stereocenters. The maximum atomic E-state index is 5.33. The van der Waals surface area contributed by atoms with Crippen LogP contribution in [-0.2, 0) is 4.84 Å². The van der Waals surface area contributed by atoms with Crippen LogP contribution in [0.4, 0.5) is 5.69 Å². The second-order valence-electron chi connectivity index (χ2n) is 2.87. The fraction of sp³-hybridized carbons (Fsp3) is 0.250. The molecule has 1 rings (SSSR count). The first-order chi connectivity index (χ1) is 7.24. The van der Waals surface area contributed by atoms with E-state index in [1.807, 2.05) is 37.3 Å². The smallest absolute Gasteiger partial charge is 0.269 e. The van der Waals surface area contributed by atoms with E-state index in [1.165, 1.54) is 0 Å². The van der Waals surface area contributed by atoms with Gasteiger partial charge in [0.25, 0.3) is 5.05 Å². The van der Waals surface area contributed by atoms with Crippen LogP contribution in [0.3, 0.4) is 0 Å². The molecule has 0 unspecified atom stereocenters. The largest absolute Gasteiger partial charge is 0.359 e. The van der Waals surface area contributed by atoms with Gasteiger partial charge >= 0.3 is 0 Å². The van der Waals surface area contributed by atoms with Crippen LogP contribution in [0.15, 0.2) is 30.3 Å². The van der Waals surface area contributed by atoms with Crippen LogP contribution in [-0.4, -0.2) is 12.1 Å². The van der Waals surface area contributed by atoms with Gasteiger partial charge in [-0.15, -0.1) is 0 Å². The molecule has 0 fully saturated rings. The van der Waals surface area contributed by atoms with Gasteiger partial charge in [0.05, 0.1) is 5.69 Å². The molecule has 0 aliphatic rings. The quantitative estimate of drug-likeness (QED) is 0.431. The monoisotopic (exact) mass is 219 g/mol. The van der Waals surface area contributed by atoms with E-state index in [4.69, 9.17) is 17.1 Å². The van der Waals surface area contributed by atoms with E-state index in [9.17, 15) is 0 Å². The van der Waals surface area contributed by atoms with Gasteiger partial charge < -0.3 is 4.84 Å². The van der Waals surface area contributed by atoms with Crippen molar-refractivity contribution >= 4 is 23.0 Å². The Hall–Kier alpha value is -1.53. The summed E-state index contributed by atoms with van der Waals surface area (Å²) in [4.78, 5) is 5.33. The molecule has 0 spiro atoms. The van der Waals surface area contributed by atoms with Crippen molar-refractivity contribution in [2.75, 3.05) is 12.1 Å². The summed E-state index contributed by atoms with van der Waals surface area (Å²) in [5.41, 5.74) is 0.943. The zero-order chi connectivity index (χ0) is 11.1. The van der Waals surface area contributed by atoms with Gasteiger partial charge in [-0.05, 0) is 30.3 Å². The summed E-state index contributed by atoms with van der Waals surface area (Å²) in [7, 11) is 1.80. The second-order valence-corrected chi connectivity index (χ2v) is 3.24. The first-order valence-electron chi connectivity index (χ1n) is 4.73. The third-order valence-electron chi connectivity index (χ3n) is 1.71. The zero-order valence-electron chi connectivity index (χ0n) is 8.86. The number of rotatable bonds is 2. The first-order valence-corrected chi connectivity index (χ1v) is 5.14. The summed E-state index contributed by atoms with van der Waals surface area (Å²) >= 11 is 4.96. The SMILES string of the molecule is CCC#CC(=S)ON(C)c1ccccc1. The summed E-state index contributed by atoms with van der Waals surface area (Å²) < 4.78 is 0. The Labute approximate surface area is 95.8 Å². The molecular weight excluding hydrogens is 206 g/mol. The third kappa shape index (κ3) is 4.01. The fourth-order valence-corrected chi connectivity index (χ4v) is 1.18. The van der Waals surface area contributed by atoms with Gasteiger partial charge in [-0.2, -0.15) is 0 Å². The molecule has 0 radical (unpaired) electrons. The molecule has 15 heavy (non-hydrogen) atoms. The van der Waals surface area contributed by atoms with Crippen LogP contribution < -0.4 is 5.06 Å². The Kier molecular flexibility index (Phi) is 4.65. The molecule has 0 amide bonds. The predicted molar refractivity (Wildman–Crippen MR) is 66.6 cm³/mol. The molecule has 0 bridgehead atoms. The molecule has 2 nitrogen and oxygen atoms in total. The lowest BCUT2D eigenvalue weighted by Crippen LogP contribution is -2.20. The van der Waals surface area contributed by atoms with Crippen LogP contribution in [0.5, 0.6) is 0 Å². The zero-order valence-corrected chi connectivity index (χ0v) is 9.67. The average Bonchev–Trinajstić information content (AvgIpc) is 2.27.